The summed E-state index contributed by atoms with van der Waals surface area (Å²) in [6, 6.07) is 17.0. The van der Waals surface area contributed by atoms with Crippen LogP contribution in [-0.2, 0) is 27.1 Å². The van der Waals surface area contributed by atoms with Gasteiger partial charge in [-0.1, -0.05) is 83.5 Å². The summed E-state index contributed by atoms with van der Waals surface area (Å²) in [4.78, 5) is 24.5. The molecule has 45 heavy (non-hydrogen) atoms. The molecule has 8 nitrogen and oxygen atoms in total. The van der Waals surface area contributed by atoms with Crippen molar-refractivity contribution >= 4 is 11.9 Å². The first-order chi connectivity index (χ1) is 21.7. The second-order valence-electron chi connectivity index (χ2n) is 12.4. The maximum absolute atomic E-state index is 15.3. The first-order valence-electron chi connectivity index (χ1n) is 16.3. The fourth-order valence-electron chi connectivity index (χ4n) is 5.52. The number of halogens is 1. The van der Waals surface area contributed by atoms with Crippen LogP contribution in [0.4, 0.5) is 4.39 Å². The molecule has 0 saturated carbocycles. The number of esters is 1. The summed E-state index contributed by atoms with van der Waals surface area (Å²) >= 11 is 0. The molecule has 1 aliphatic rings. The number of alkyl halides is 1. The van der Waals surface area contributed by atoms with Gasteiger partial charge in [-0.3, -0.25) is 9.89 Å². The van der Waals surface area contributed by atoms with Crippen molar-refractivity contribution in [2.45, 2.75) is 97.6 Å². The molecule has 0 aliphatic carbocycles. The highest BCUT2D eigenvalue weighted by molar-refractivity contribution is 5.89. The highest BCUT2D eigenvalue weighted by Crippen LogP contribution is 2.36. The van der Waals surface area contributed by atoms with Crippen molar-refractivity contribution in [2.75, 3.05) is 13.2 Å². The Morgan fingerprint density at radius 3 is 2.42 bits per heavy atom. The number of ether oxygens (including phenoxy) is 3. The molecule has 1 aromatic heterocycles. The van der Waals surface area contributed by atoms with Crippen molar-refractivity contribution in [2.24, 2.45) is 11.8 Å². The molecule has 2 N–H and O–H groups in total. The van der Waals surface area contributed by atoms with Crippen LogP contribution < -0.4 is 10.1 Å². The number of carbonyl (C=O) groups excluding carboxylic acids is 2. The van der Waals surface area contributed by atoms with Crippen LogP contribution in [0.1, 0.15) is 99.0 Å². The lowest BCUT2D eigenvalue weighted by atomic mass is 9.85. The van der Waals surface area contributed by atoms with Gasteiger partial charge in [0.25, 0.3) is 0 Å². The van der Waals surface area contributed by atoms with E-state index in [0.29, 0.717) is 24.3 Å². The SMILES string of the molecule is CCCCNC(=O)CCCc1ccc(Cc2c(OC3OC(COC(=O)c4ccccc4)C(F)C(C)C3C)n[nH]c2C(C)C)cc1. The number of amides is 1. The van der Waals surface area contributed by atoms with Gasteiger partial charge in [0.15, 0.2) is 0 Å². The Bertz CT molecular complexity index is 1360. The summed E-state index contributed by atoms with van der Waals surface area (Å²) in [6.07, 6.45) is 1.79. The average molecular weight is 622 g/mol. The maximum Gasteiger partial charge on any atom is 0.338 e. The van der Waals surface area contributed by atoms with Crippen LogP contribution in [0, 0.1) is 11.8 Å². The number of carbonyl (C=O) groups is 2. The monoisotopic (exact) mass is 621 g/mol. The number of H-pyrrole nitrogens is 1. The molecule has 5 atom stereocenters. The summed E-state index contributed by atoms with van der Waals surface area (Å²) in [7, 11) is 0. The van der Waals surface area contributed by atoms with Gasteiger partial charge >= 0.3 is 5.97 Å². The van der Waals surface area contributed by atoms with E-state index in [4.69, 9.17) is 14.2 Å². The molecule has 0 radical (unpaired) electrons. The minimum Gasteiger partial charge on any atom is -0.459 e. The lowest BCUT2D eigenvalue weighted by Gasteiger charge is -2.40. The summed E-state index contributed by atoms with van der Waals surface area (Å²) in [5, 5.41) is 10.6. The van der Waals surface area contributed by atoms with E-state index in [1.807, 2.05) is 19.9 Å². The smallest absolute Gasteiger partial charge is 0.338 e. The van der Waals surface area contributed by atoms with Crippen LogP contribution >= 0.6 is 0 Å². The van der Waals surface area contributed by atoms with E-state index in [0.717, 1.165) is 49.0 Å². The molecule has 2 heterocycles. The van der Waals surface area contributed by atoms with Crippen LogP contribution in [0.15, 0.2) is 54.6 Å². The summed E-state index contributed by atoms with van der Waals surface area (Å²) in [5.74, 6) is -0.451. The van der Waals surface area contributed by atoms with Gasteiger partial charge in [-0.05, 0) is 54.4 Å². The molecule has 9 heteroatoms. The van der Waals surface area contributed by atoms with Crippen LogP contribution in [0.2, 0.25) is 0 Å². The first-order valence-corrected chi connectivity index (χ1v) is 16.3. The largest absolute Gasteiger partial charge is 0.459 e. The van der Waals surface area contributed by atoms with E-state index < -0.39 is 24.5 Å². The zero-order valence-electron chi connectivity index (χ0n) is 27.2. The number of hydrogen-bond acceptors (Lipinski definition) is 6. The Morgan fingerprint density at radius 1 is 1.02 bits per heavy atom. The summed E-state index contributed by atoms with van der Waals surface area (Å²) in [5.41, 5.74) is 4.59. The molecule has 3 aromatic rings. The lowest BCUT2D eigenvalue weighted by Crippen LogP contribution is -2.51. The van der Waals surface area contributed by atoms with E-state index in [1.54, 1.807) is 24.3 Å². The minimum atomic E-state index is -1.32. The molecule has 5 unspecified atom stereocenters. The van der Waals surface area contributed by atoms with E-state index in [9.17, 15) is 9.59 Å². The van der Waals surface area contributed by atoms with Crippen LogP contribution in [0.5, 0.6) is 5.88 Å². The van der Waals surface area contributed by atoms with Crippen molar-refractivity contribution in [3.05, 3.63) is 82.5 Å². The van der Waals surface area contributed by atoms with Crippen molar-refractivity contribution in [1.29, 1.82) is 0 Å². The second kappa shape index (κ2) is 16.5. The molecule has 1 saturated heterocycles. The molecular weight excluding hydrogens is 573 g/mol. The molecule has 1 fully saturated rings. The van der Waals surface area contributed by atoms with E-state index >= 15 is 4.39 Å². The second-order valence-corrected chi connectivity index (χ2v) is 12.4. The molecule has 0 bridgehead atoms. The van der Waals surface area contributed by atoms with Gasteiger partial charge in [0.1, 0.15) is 18.9 Å². The number of unbranched alkanes of at least 4 members (excludes halogenated alkanes) is 1. The van der Waals surface area contributed by atoms with Crippen LogP contribution in [0.3, 0.4) is 0 Å². The van der Waals surface area contributed by atoms with E-state index in [-0.39, 0.29) is 30.3 Å². The molecule has 1 amide bonds. The predicted molar refractivity (Wildman–Crippen MR) is 172 cm³/mol. The van der Waals surface area contributed by atoms with Crippen molar-refractivity contribution in [1.82, 2.24) is 15.5 Å². The van der Waals surface area contributed by atoms with Crippen molar-refractivity contribution in [3.8, 4) is 5.88 Å². The Balaban J connectivity index is 1.39. The molecule has 244 valence electrons. The Labute approximate surface area is 266 Å². The summed E-state index contributed by atoms with van der Waals surface area (Å²) in [6.45, 7) is 10.5. The number of aromatic nitrogens is 2. The number of nitrogens with one attached hydrogen (secondary N) is 2. The number of nitrogens with zero attached hydrogens (tertiary/aromatic N) is 1. The van der Waals surface area contributed by atoms with Gasteiger partial charge in [0.05, 0.1) is 5.56 Å². The third-order valence-electron chi connectivity index (χ3n) is 8.61. The number of benzene rings is 2. The minimum absolute atomic E-state index is 0.112. The van der Waals surface area contributed by atoms with E-state index in [1.165, 1.54) is 5.56 Å². The molecule has 1 aliphatic heterocycles. The number of aryl methyl sites for hydroxylation is 1. The molecule has 4 rings (SSSR count). The van der Waals surface area contributed by atoms with Gasteiger partial charge in [-0.2, -0.15) is 0 Å². The third-order valence-corrected chi connectivity index (χ3v) is 8.61. The van der Waals surface area contributed by atoms with Gasteiger partial charge in [-0.15, -0.1) is 5.10 Å². The Kier molecular flexibility index (Phi) is 12.6. The zero-order chi connectivity index (χ0) is 32.3. The number of rotatable bonds is 15. The quantitative estimate of drug-likeness (QED) is 0.141. The highest BCUT2D eigenvalue weighted by atomic mass is 19.1. The zero-order valence-corrected chi connectivity index (χ0v) is 27.2. The molecule has 0 spiro atoms. The standard InChI is InChI=1S/C36H48FN3O5/c1-6-7-20-38-31(41)15-11-12-26-16-18-27(19-17-26)21-29-33(23(2)3)39-40-34(29)45-36-25(5)24(4)32(37)30(44-36)22-43-35(42)28-13-9-8-10-14-28/h8-10,13-14,16-19,23-25,30,32,36H,6-7,11-12,15,20-22H2,1-5H3,(H,38,41)(H,39,40). The van der Waals surface area contributed by atoms with Crippen LogP contribution in [0.25, 0.3) is 0 Å². The molecular formula is C36H48FN3O5. The van der Waals surface area contributed by atoms with E-state index in [2.05, 4.69) is 60.6 Å². The topological polar surface area (TPSA) is 103 Å². The summed E-state index contributed by atoms with van der Waals surface area (Å²) < 4.78 is 33.2. The number of aromatic amines is 1. The van der Waals surface area contributed by atoms with Crippen molar-refractivity contribution in [3.63, 3.8) is 0 Å². The fraction of sp³-hybridized carbons (Fsp3) is 0.528. The Hall–Kier alpha value is -3.72. The predicted octanol–water partition coefficient (Wildman–Crippen LogP) is 6.93. The van der Waals surface area contributed by atoms with Gasteiger partial charge in [0, 0.05) is 36.6 Å². The highest BCUT2D eigenvalue weighted by Gasteiger charge is 2.44. The van der Waals surface area contributed by atoms with Gasteiger partial charge < -0.3 is 19.5 Å². The van der Waals surface area contributed by atoms with Gasteiger partial charge in [0.2, 0.25) is 18.1 Å². The molecule has 2 aromatic carbocycles. The number of hydrogen-bond donors (Lipinski definition) is 2. The van der Waals surface area contributed by atoms with Gasteiger partial charge in [-0.25, -0.2) is 9.18 Å². The fourth-order valence-corrected chi connectivity index (χ4v) is 5.52. The maximum atomic E-state index is 15.3. The normalized spacial score (nSPS) is 21.4. The third kappa shape index (κ3) is 9.39. The Morgan fingerprint density at radius 2 is 1.73 bits per heavy atom. The van der Waals surface area contributed by atoms with Crippen molar-refractivity contribution < 1.29 is 28.2 Å². The lowest BCUT2D eigenvalue weighted by molar-refractivity contribution is -0.226. The van der Waals surface area contributed by atoms with Crippen LogP contribution in [-0.4, -0.2) is 53.8 Å². The average Bonchev–Trinajstić information content (AvgIpc) is 3.43. The first kappa shape index (κ1) is 34.2.